The van der Waals surface area contributed by atoms with E-state index in [2.05, 4.69) is 0 Å². The highest BCUT2D eigenvalue weighted by Crippen LogP contribution is 2.41. The molecule has 6 heteroatoms. The summed E-state index contributed by atoms with van der Waals surface area (Å²) in [6, 6.07) is -0.0703. The molecule has 1 aromatic heterocycles. The van der Waals surface area contributed by atoms with Gasteiger partial charge in [0.2, 0.25) is 0 Å². The minimum absolute atomic E-state index is 0.0703. The second kappa shape index (κ2) is 4.49. The molecule has 1 saturated carbocycles. The van der Waals surface area contributed by atoms with Crippen LogP contribution in [0.25, 0.3) is 0 Å². The van der Waals surface area contributed by atoms with Gasteiger partial charge in [-0.05, 0) is 31.5 Å². The third kappa shape index (κ3) is 2.48. The number of halogens is 3. The first-order valence-corrected chi connectivity index (χ1v) is 6.49. The molecule has 0 amide bonds. The van der Waals surface area contributed by atoms with Crippen LogP contribution in [0.2, 0.25) is 0 Å². The van der Waals surface area contributed by atoms with Crippen LogP contribution in [0.1, 0.15) is 31.7 Å². The molecule has 0 saturated heterocycles. The number of nitrogens with zero attached hydrogens (tertiary/aromatic N) is 1. The zero-order valence-corrected chi connectivity index (χ0v) is 10.2. The Labute approximate surface area is 101 Å². The van der Waals surface area contributed by atoms with Crippen LogP contribution in [0.3, 0.4) is 0 Å². The molecule has 0 spiro atoms. The Hall–Kier alpha value is -0.360. The summed E-state index contributed by atoms with van der Waals surface area (Å²) in [6.07, 6.45) is -0.386. The second-order valence-electron chi connectivity index (χ2n) is 4.14. The van der Waals surface area contributed by atoms with Crippen LogP contribution in [0.5, 0.6) is 0 Å². The van der Waals surface area contributed by atoms with E-state index in [1.165, 1.54) is 11.3 Å². The molecule has 2 unspecified atom stereocenters. The van der Waals surface area contributed by atoms with Gasteiger partial charge in [0, 0.05) is 17.6 Å². The monoisotopic (exact) mass is 267 g/mol. The molecule has 1 aromatic rings. The van der Waals surface area contributed by atoms with Gasteiger partial charge in [-0.3, -0.25) is 0 Å². The maximum atomic E-state index is 12.6. The van der Waals surface area contributed by atoms with Gasteiger partial charge in [-0.2, -0.15) is 13.2 Å². The first-order valence-electron chi connectivity index (χ1n) is 5.21. The summed E-state index contributed by atoms with van der Waals surface area (Å²) in [7, 11) is 0. The highest BCUT2D eigenvalue weighted by atomic mass is 32.1. The highest BCUT2D eigenvalue weighted by Gasteiger charge is 2.42. The predicted molar refractivity (Wildman–Crippen MR) is 60.2 cm³/mol. The van der Waals surface area contributed by atoms with E-state index in [1.807, 2.05) is 9.95 Å². The fourth-order valence-electron chi connectivity index (χ4n) is 2.26. The molecule has 0 N–H and O–H groups in total. The van der Waals surface area contributed by atoms with E-state index in [0.29, 0.717) is 10.4 Å². The molecular weight excluding hydrogens is 255 g/mol. The van der Waals surface area contributed by atoms with E-state index < -0.39 is 12.1 Å². The first-order chi connectivity index (χ1) is 7.48. The molecule has 0 radical (unpaired) electrons. The van der Waals surface area contributed by atoms with Crippen LogP contribution in [-0.4, -0.2) is 10.7 Å². The molecule has 1 aliphatic rings. The van der Waals surface area contributed by atoms with Crippen LogP contribution in [0, 0.1) is 9.87 Å². The zero-order valence-electron chi connectivity index (χ0n) is 8.54. The van der Waals surface area contributed by atoms with Gasteiger partial charge in [-0.1, -0.05) is 6.42 Å². The van der Waals surface area contributed by atoms with Crippen molar-refractivity contribution < 1.29 is 13.2 Å². The lowest BCUT2D eigenvalue weighted by Crippen LogP contribution is -2.29. The Bertz CT molecular complexity index is 407. The van der Waals surface area contributed by atoms with Crippen molar-refractivity contribution in [3.05, 3.63) is 15.5 Å². The van der Waals surface area contributed by atoms with Gasteiger partial charge < -0.3 is 4.57 Å². The van der Waals surface area contributed by atoms with Crippen LogP contribution in [0.15, 0.2) is 11.6 Å². The van der Waals surface area contributed by atoms with Gasteiger partial charge in [0.05, 0.1) is 5.92 Å². The quantitative estimate of drug-likeness (QED) is 0.675. The van der Waals surface area contributed by atoms with E-state index in [1.54, 1.807) is 6.20 Å². The van der Waals surface area contributed by atoms with Crippen LogP contribution in [0.4, 0.5) is 13.2 Å². The van der Waals surface area contributed by atoms with Gasteiger partial charge >= 0.3 is 6.18 Å². The van der Waals surface area contributed by atoms with Crippen molar-refractivity contribution in [1.82, 2.24) is 4.57 Å². The fraction of sp³-hybridized carbons (Fsp3) is 0.700. The van der Waals surface area contributed by atoms with E-state index >= 15 is 0 Å². The van der Waals surface area contributed by atoms with Crippen LogP contribution >= 0.6 is 23.6 Å². The Morgan fingerprint density at radius 1 is 1.38 bits per heavy atom. The smallest absolute Gasteiger partial charge is 0.327 e. The maximum Gasteiger partial charge on any atom is 0.391 e. The van der Waals surface area contributed by atoms with Gasteiger partial charge in [0.25, 0.3) is 0 Å². The van der Waals surface area contributed by atoms with Crippen LogP contribution in [-0.2, 0) is 0 Å². The average molecular weight is 267 g/mol. The van der Waals surface area contributed by atoms with E-state index in [9.17, 15) is 13.2 Å². The van der Waals surface area contributed by atoms with Gasteiger partial charge in [-0.25, -0.2) is 0 Å². The topological polar surface area (TPSA) is 4.93 Å². The maximum absolute atomic E-state index is 12.6. The molecule has 1 aliphatic carbocycles. The number of hydrogen-bond donors (Lipinski definition) is 0. The molecule has 1 fully saturated rings. The zero-order chi connectivity index (χ0) is 11.8. The summed E-state index contributed by atoms with van der Waals surface area (Å²) >= 11 is 6.50. The molecule has 2 rings (SSSR count). The first kappa shape index (κ1) is 12.1. The molecule has 1 nitrogen and oxygen atoms in total. The number of alkyl halides is 3. The Morgan fingerprint density at radius 2 is 2.12 bits per heavy atom. The van der Waals surface area contributed by atoms with E-state index in [4.69, 9.17) is 12.2 Å². The van der Waals surface area contributed by atoms with Gasteiger partial charge in [-0.15, -0.1) is 11.3 Å². The fourth-order valence-corrected chi connectivity index (χ4v) is 3.28. The van der Waals surface area contributed by atoms with Crippen molar-refractivity contribution in [2.75, 3.05) is 0 Å². The SMILES string of the molecule is FC(F)(F)C1CCCC(n2ccsc2=S)C1. The number of hydrogen-bond acceptors (Lipinski definition) is 2. The molecule has 16 heavy (non-hydrogen) atoms. The summed E-state index contributed by atoms with van der Waals surface area (Å²) in [6.45, 7) is 0. The summed E-state index contributed by atoms with van der Waals surface area (Å²) in [5.74, 6) is -1.16. The number of rotatable bonds is 1. The third-order valence-electron chi connectivity index (χ3n) is 3.10. The molecule has 0 aromatic carbocycles. The molecule has 90 valence electrons. The number of aromatic nitrogens is 1. The predicted octanol–water partition coefficient (Wildman–Crippen LogP) is 4.57. The van der Waals surface area contributed by atoms with Crippen molar-refractivity contribution in [3.63, 3.8) is 0 Å². The average Bonchev–Trinajstić information content (AvgIpc) is 2.63. The standard InChI is InChI=1S/C10H12F3NS2/c11-10(12,13)7-2-1-3-8(6-7)14-4-5-16-9(14)15/h4-5,7-8H,1-3,6H2. The van der Waals surface area contributed by atoms with Gasteiger partial charge in [0.15, 0.2) is 3.95 Å². The van der Waals surface area contributed by atoms with Crippen molar-refractivity contribution in [2.24, 2.45) is 5.92 Å². The Morgan fingerprint density at radius 3 is 2.69 bits per heavy atom. The largest absolute Gasteiger partial charge is 0.391 e. The summed E-state index contributed by atoms with van der Waals surface area (Å²) in [5.41, 5.74) is 0. The van der Waals surface area contributed by atoms with Crippen molar-refractivity contribution >= 4 is 23.6 Å². The lowest BCUT2D eigenvalue weighted by molar-refractivity contribution is -0.185. The van der Waals surface area contributed by atoms with Crippen molar-refractivity contribution in [2.45, 2.75) is 37.9 Å². The molecule has 2 atom stereocenters. The molecule has 0 bridgehead atoms. The van der Waals surface area contributed by atoms with Gasteiger partial charge in [0.1, 0.15) is 0 Å². The summed E-state index contributed by atoms with van der Waals surface area (Å²) < 4.78 is 40.4. The number of thiazole rings is 1. The summed E-state index contributed by atoms with van der Waals surface area (Å²) in [4.78, 5) is 0. The van der Waals surface area contributed by atoms with E-state index in [0.717, 1.165) is 6.42 Å². The Balaban J connectivity index is 2.14. The molecule has 0 aliphatic heterocycles. The highest BCUT2D eigenvalue weighted by molar-refractivity contribution is 7.73. The lowest BCUT2D eigenvalue weighted by atomic mass is 9.85. The van der Waals surface area contributed by atoms with Crippen LogP contribution < -0.4 is 0 Å². The van der Waals surface area contributed by atoms with E-state index in [-0.39, 0.29) is 18.9 Å². The summed E-state index contributed by atoms with van der Waals surface area (Å²) in [5, 5.41) is 1.83. The normalized spacial score (nSPS) is 26.9. The minimum Gasteiger partial charge on any atom is -0.327 e. The van der Waals surface area contributed by atoms with Crippen molar-refractivity contribution in [3.8, 4) is 0 Å². The third-order valence-corrected chi connectivity index (χ3v) is 4.27. The Kier molecular flexibility index (Phi) is 3.39. The van der Waals surface area contributed by atoms with Crippen molar-refractivity contribution in [1.29, 1.82) is 0 Å². The molecular formula is C10H12F3NS2. The lowest BCUT2D eigenvalue weighted by Gasteiger charge is -2.31. The molecule has 1 heterocycles. The second-order valence-corrected chi connectivity index (χ2v) is 5.67. The minimum atomic E-state index is -4.06.